The van der Waals surface area contributed by atoms with Crippen LogP contribution in [0.2, 0.25) is 0 Å². The summed E-state index contributed by atoms with van der Waals surface area (Å²) in [5.41, 5.74) is 6.94. The predicted octanol–water partition coefficient (Wildman–Crippen LogP) is 1.19. The molecule has 12 heavy (non-hydrogen) atoms. The van der Waals surface area contributed by atoms with Crippen molar-refractivity contribution in [1.82, 2.24) is 9.97 Å². The smallest absolute Gasteiger partial charge is 0.145 e. The van der Waals surface area contributed by atoms with Crippen LogP contribution in [0.25, 0.3) is 0 Å². The van der Waals surface area contributed by atoms with Gasteiger partial charge in [-0.1, -0.05) is 0 Å². The van der Waals surface area contributed by atoms with Crippen molar-refractivity contribution >= 4 is 0 Å². The van der Waals surface area contributed by atoms with Crippen LogP contribution in [0.5, 0.6) is 0 Å². The average Bonchev–Trinajstić information content (AvgIpc) is 2.85. The molecule has 0 radical (unpaired) electrons. The van der Waals surface area contributed by atoms with Gasteiger partial charge in [-0.15, -0.1) is 0 Å². The van der Waals surface area contributed by atoms with Crippen LogP contribution in [-0.4, -0.2) is 9.97 Å². The maximum atomic E-state index is 5.94. The normalized spacial score (nSPS) is 19.2. The summed E-state index contributed by atoms with van der Waals surface area (Å²) < 4.78 is 0. The van der Waals surface area contributed by atoms with Gasteiger partial charge in [-0.25, -0.2) is 9.97 Å². The lowest BCUT2D eigenvalue weighted by atomic mass is 10.2. The maximum Gasteiger partial charge on any atom is 0.145 e. The number of hydrogen-bond donors (Lipinski definition) is 1. The number of hydrogen-bond acceptors (Lipinski definition) is 3. The third-order valence-electron chi connectivity index (χ3n) is 2.24. The second kappa shape index (κ2) is 2.83. The Morgan fingerprint density at radius 3 is 2.92 bits per heavy atom. The summed E-state index contributed by atoms with van der Waals surface area (Å²) >= 11 is 0. The van der Waals surface area contributed by atoms with Crippen LogP contribution >= 0.6 is 0 Å². The van der Waals surface area contributed by atoms with E-state index in [9.17, 15) is 0 Å². The van der Waals surface area contributed by atoms with Crippen molar-refractivity contribution in [2.24, 2.45) is 11.7 Å². The van der Waals surface area contributed by atoms with Crippen molar-refractivity contribution < 1.29 is 0 Å². The van der Waals surface area contributed by atoms with E-state index in [0.717, 1.165) is 11.5 Å². The van der Waals surface area contributed by atoms with Crippen LogP contribution in [0.1, 0.15) is 30.4 Å². The Labute approximate surface area is 72.0 Å². The lowest BCUT2D eigenvalue weighted by Gasteiger charge is -2.07. The zero-order chi connectivity index (χ0) is 8.55. The SMILES string of the molecule is Cc1ccnc([C@@H](N)C2CC2)n1. The molecule has 64 valence electrons. The Morgan fingerprint density at radius 2 is 2.33 bits per heavy atom. The number of rotatable bonds is 2. The van der Waals surface area contributed by atoms with Crippen LogP contribution in [0.3, 0.4) is 0 Å². The first-order valence-corrected chi connectivity index (χ1v) is 4.32. The first-order chi connectivity index (χ1) is 5.77. The minimum atomic E-state index is 0.0601. The first kappa shape index (κ1) is 7.68. The van der Waals surface area contributed by atoms with Crippen molar-refractivity contribution in [2.75, 3.05) is 0 Å². The second-order valence-electron chi connectivity index (χ2n) is 3.42. The van der Waals surface area contributed by atoms with Gasteiger partial charge in [0.1, 0.15) is 5.82 Å². The Kier molecular flexibility index (Phi) is 1.81. The van der Waals surface area contributed by atoms with E-state index in [1.165, 1.54) is 12.8 Å². The molecule has 3 nitrogen and oxygen atoms in total. The first-order valence-electron chi connectivity index (χ1n) is 4.32. The molecular weight excluding hydrogens is 150 g/mol. The highest BCUT2D eigenvalue weighted by Gasteiger charge is 2.31. The molecular formula is C9H13N3. The summed E-state index contributed by atoms with van der Waals surface area (Å²) in [6.07, 6.45) is 4.25. The summed E-state index contributed by atoms with van der Waals surface area (Å²) in [6, 6.07) is 1.95. The zero-order valence-corrected chi connectivity index (χ0v) is 7.20. The van der Waals surface area contributed by atoms with Crippen LogP contribution in [0.15, 0.2) is 12.3 Å². The van der Waals surface area contributed by atoms with Crippen molar-refractivity contribution in [2.45, 2.75) is 25.8 Å². The Morgan fingerprint density at radius 1 is 1.58 bits per heavy atom. The van der Waals surface area contributed by atoms with Gasteiger partial charge in [-0.3, -0.25) is 0 Å². The van der Waals surface area contributed by atoms with Crippen molar-refractivity contribution in [3.63, 3.8) is 0 Å². The molecule has 0 bridgehead atoms. The Hall–Kier alpha value is -0.960. The van der Waals surface area contributed by atoms with Crippen LogP contribution in [-0.2, 0) is 0 Å². The molecule has 1 fully saturated rings. The monoisotopic (exact) mass is 163 g/mol. The fraction of sp³-hybridized carbons (Fsp3) is 0.556. The Bertz CT molecular complexity index is 281. The molecule has 1 atom stereocenters. The molecule has 0 aliphatic heterocycles. The molecule has 1 saturated carbocycles. The molecule has 1 aliphatic rings. The lowest BCUT2D eigenvalue weighted by Crippen LogP contribution is -2.16. The number of aromatic nitrogens is 2. The van der Waals surface area contributed by atoms with Gasteiger partial charge in [0, 0.05) is 11.9 Å². The maximum absolute atomic E-state index is 5.94. The van der Waals surface area contributed by atoms with Gasteiger partial charge in [0.25, 0.3) is 0 Å². The van der Waals surface area contributed by atoms with Gasteiger partial charge < -0.3 is 5.73 Å². The van der Waals surface area contributed by atoms with E-state index in [1.807, 2.05) is 13.0 Å². The molecule has 2 rings (SSSR count). The van der Waals surface area contributed by atoms with Crippen molar-refractivity contribution in [1.29, 1.82) is 0 Å². The van der Waals surface area contributed by atoms with Gasteiger partial charge in [0.05, 0.1) is 6.04 Å². The van der Waals surface area contributed by atoms with Crippen LogP contribution < -0.4 is 5.73 Å². The second-order valence-corrected chi connectivity index (χ2v) is 3.42. The summed E-state index contributed by atoms with van der Waals surface area (Å²) in [5, 5.41) is 0. The standard InChI is InChI=1S/C9H13N3/c1-6-4-5-11-9(12-6)8(10)7-2-3-7/h4-5,7-8H,2-3,10H2,1H3/t8-/m0/s1. The topological polar surface area (TPSA) is 51.8 Å². The molecule has 3 heteroatoms. The third kappa shape index (κ3) is 1.46. The summed E-state index contributed by atoms with van der Waals surface area (Å²) in [4.78, 5) is 8.46. The zero-order valence-electron chi connectivity index (χ0n) is 7.20. The molecule has 0 spiro atoms. The largest absolute Gasteiger partial charge is 0.321 e. The molecule has 0 saturated heterocycles. The van der Waals surface area contributed by atoms with Crippen LogP contribution in [0.4, 0.5) is 0 Å². The van der Waals surface area contributed by atoms with E-state index in [-0.39, 0.29) is 6.04 Å². The third-order valence-corrected chi connectivity index (χ3v) is 2.24. The minimum Gasteiger partial charge on any atom is -0.321 e. The van der Waals surface area contributed by atoms with Gasteiger partial charge in [-0.2, -0.15) is 0 Å². The number of aryl methyl sites for hydroxylation is 1. The molecule has 0 amide bonds. The van der Waals surface area contributed by atoms with Crippen molar-refractivity contribution in [3.8, 4) is 0 Å². The average molecular weight is 163 g/mol. The predicted molar refractivity (Wildman–Crippen MR) is 46.4 cm³/mol. The highest BCUT2D eigenvalue weighted by molar-refractivity contribution is 5.05. The quantitative estimate of drug-likeness (QED) is 0.712. The number of nitrogens with zero attached hydrogens (tertiary/aromatic N) is 2. The fourth-order valence-corrected chi connectivity index (χ4v) is 1.30. The van der Waals surface area contributed by atoms with Gasteiger partial charge in [-0.05, 0) is 31.7 Å². The molecule has 1 aliphatic carbocycles. The number of nitrogens with two attached hydrogens (primary N) is 1. The van der Waals surface area contributed by atoms with E-state index >= 15 is 0 Å². The molecule has 1 aromatic heterocycles. The van der Waals surface area contributed by atoms with E-state index in [0.29, 0.717) is 5.92 Å². The molecule has 2 N–H and O–H groups in total. The summed E-state index contributed by atoms with van der Waals surface area (Å²) in [7, 11) is 0. The lowest BCUT2D eigenvalue weighted by molar-refractivity contribution is 0.591. The van der Waals surface area contributed by atoms with Crippen molar-refractivity contribution in [3.05, 3.63) is 23.8 Å². The molecule has 1 heterocycles. The summed E-state index contributed by atoms with van der Waals surface area (Å²) in [5.74, 6) is 1.43. The molecule has 0 unspecified atom stereocenters. The summed E-state index contributed by atoms with van der Waals surface area (Å²) in [6.45, 7) is 1.96. The highest BCUT2D eigenvalue weighted by Crippen LogP contribution is 2.38. The highest BCUT2D eigenvalue weighted by atomic mass is 14.9. The van der Waals surface area contributed by atoms with Gasteiger partial charge in [0.2, 0.25) is 0 Å². The van der Waals surface area contributed by atoms with Gasteiger partial charge >= 0.3 is 0 Å². The van der Waals surface area contributed by atoms with E-state index in [4.69, 9.17) is 5.73 Å². The minimum absolute atomic E-state index is 0.0601. The molecule has 1 aromatic rings. The van der Waals surface area contributed by atoms with E-state index in [2.05, 4.69) is 9.97 Å². The van der Waals surface area contributed by atoms with E-state index < -0.39 is 0 Å². The van der Waals surface area contributed by atoms with E-state index in [1.54, 1.807) is 6.20 Å². The Balaban J connectivity index is 2.20. The van der Waals surface area contributed by atoms with Gasteiger partial charge in [0.15, 0.2) is 0 Å². The fourth-order valence-electron chi connectivity index (χ4n) is 1.30. The molecule has 0 aromatic carbocycles. The van der Waals surface area contributed by atoms with Crippen LogP contribution in [0, 0.1) is 12.8 Å².